The Morgan fingerprint density at radius 1 is 0.636 bits per heavy atom. The van der Waals surface area contributed by atoms with Gasteiger partial charge in [0.1, 0.15) is 0 Å². The third kappa shape index (κ3) is 1240. The monoisotopic (exact) mass is 358 g/mol. The number of aliphatic hydroxyl groups excluding tert-OH is 1. The topological polar surface area (TPSA) is 112 Å². The predicted octanol–water partition coefficient (Wildman–Crippen LogP) is -0.203. The summed E-state index contributed by atoms with van der Waals surface area (Å²) in [6, 6.07) is 0. The van der Waals surface area contributed by atoms with Gasteiger partial charge in [-0.15, -0.1) is 24.4 Å². The van der Waals surface area contributed by atoms with Crippen LogP contribution in [0.3, 0.4) is 0 Å². The van der Waals surface area contributed by atoms with E-state index in [2.05, 4.69) is 6.92 Å². The van der Waals surface area contributed by atoms with Crippen LogP contribution in [0.1, 0.15) is 75.2 Å². The molecule has 0 saturated heterocycles. The van der Waals surface area contributed by atoms with Gasteiger partial charge in [-0.25, -0.2) is 0 Å². The maximum atomic E-state index is 9.53. The number of unbranched alkanes of at least 4 members (excludes halogenated alkanes) is 1. The molecule has 0 saturated carbocycles. The van der Waals surface area contributed by atoms with Crippen molar-refractivity contribution in [2.24, 2.45) is 0 Å². The number of rotatable bonds is 2. The molecule has 6 heteroatoms. The molecule has 0 aromatic rings. The number of hydrogen-bond acceptors (Lipinski definition) is 5. The Bertz CT molecular complexity index is 94.7. The van der Waals surface area contributed by atoms with Crippen LogP contribution in [0.15, 0.2) is 0 Å². The maximum absolute atomic E-state index is 9.53. The Morgan fingerprint density at radius 3 is 0.773 bits per heavy atom. The van der Waals surface area contributed by atoms with Crippen molar-refractivity contribution in [1.82, 2.24) is 0 Å². The molecule has 0 fully saturated rings. The largest absolute Gasteiger partial charge is 4.00 e. The molecule has 0 atom stereocenters. The fourth-order valence-corrected chi connectivity index (χ4v) is 0.158. The Kier molecular flexibility index (Phi) is 65.3. The third-order valence-electron chi connectivity index (χ3n) is 0.512. The van der Waals surface area contributed by atoms with Crippen LogP contribution < -0.4 is 20.4 Å². The van der Waals surface area contributed by atoms with Crippen molar-refractivity contribution in [3.05, 3.63) is 0 Å². The van der Waals surface area contributed by atoms with E-state index < -0.39 is 24.4 Å². The molecule has 0 rings (SSSR count). The van der Waals surface area contributed by atoms with Gasteiger partial charge in [0.05, 0.1) is 0 Å². The molecular formula is C16H38O5Ti. The summed E-state index contributed by atoms with van der Waals surface area (Å²) in [6.45, 7) is 15.3. The molecule has 0 aromatic carbocycles. The molecule has 0 spiro atoms. The first-order valence-corrected chi connectivity index (χ1v) is 7.58. The van der Waals surface area contributed by atoms with E-state index in [4.69, 9.17) is 5.11 Å². The van der Waals surface area contributed by atoms with Crippen LogP contribution >= 0.6 is 0 Å². The van der Waals surface area contributed by atoms with Crippen molar-refractivity contribution in [2.75, 3.05) is 6.61 Å². The Labute approximate surface area is 153 Å². The molecule has 0 unspecified atom stereocenters. The second-order valence-corrected chi connectivity index (χ2v) is 5.27. The van der Waals surface area contributed by atoms with Crippen molar-refractivity contribution >= 4 is 0 Å². The van der Waals surface area contributed by atoms with Crippen LogP contribution in [0.2, 0.25) is 0 Å². The SMILES string of the molecule is CC(C)[O-].CC(C)[O-].CC(C)[O-].CC(C)[O-].CCCCO.[Ti+4]. The Morgan fingerprint density at radius 2 is 0.773 bits per heavy atom. The van der Waals surface area contributed by atoms with Gasteiger partial charge in [-0.3, -0.25) is 0 Å². The van der Waals surface area contributed by atoms with E-state index in [0.29, 0.717) is 6.61 Å². The molecule has 0 aliphatic carbocycles. The van der Waals surface area contributed by atoms with Gasteiger partial charge in [0.15, 0.2) is 0 Å². The van der Waals surface area contributed by atoms with Crippen LogP contribution in [0.25, 0.3) is 0 Å². The van der Waals surface area contributed by atoms with E-state index >= 15 is 0 Å². The first-order valence-electron chi connectivity index (χ1n) is 7.58. The van der Waals surface area contributed by atoms with E-state index in [1.807, 2.05) is 0 Å². The zero-order chi connectivity index (χ0) is 18.4. The molecule has 0 bridgehead atoms. The molecule has 1 N–H and O–H groups in total. The third-order valence-corrected chi connectivity index (χ3v) is 0.512. The van der Waals surface area contributed by atoms with E-state index in [1.54, 1.807) is 55.4 Å². The Balaban J connectivity index is -0.0000000361. The summed E-state index contributed by atoms with van der Waals surface area (Å²) >= 11 is 0. The van der Waals surface area contributed by atoms with Crippen molar-refractivity contribution in [2.45, 2.75) is 99.6 Å². The minimum atomic E-state index is -0.417. The molecule has 0 amide bonds. The summed E-state index contributed by atoms with van der Waals surface area (Å²) in [5.74, 6) is 0. The standard InChI is InChI=1S/C4H10O.4C3H7O.Ti/c1-2-3-4-5;4*1-3(2)4;/h5H,2-4H2,1H3;4*3H,1-2H3;/q;4*-1;+4. The summed E-state index contributed by atoms with van der Waals surface area (Å²) in [5.41, 5.74) is 0. The molecule has 0 aliphatic heterocycles. The summed E-state index contributed by atoms with van der Waals surface area (Å²) < 4.78 is 0. The van der Waals surface area contributed by atoms with Gasteiger partial charge in [0, 0.05) is 6.61 Å². The fourth-order valence-electron chi connectivity index (χ4n) is 0.158. The second-order valence-electron chi connectivity index (χ2n) is 5.27. The minimum Gasteiger partial charge on any atom is -0.852 e. The minimum absolute atomic E-state index is 0. The van der Waals surface area contributed by atoms with Crippen molar-refractivity contribution < 1.29 is 47.3 Å². The first kappa shape index (κ1) is 38.2. The van der Waals surface area contributed by atoms with Crippen molar-refractivity contribution in [3.8, 4) is 0 Å². The van der Waals surface area contributed by atoms with Gasteiger partial charge in [-0.1, -0.05) is 68.7 Å². The first-order chi connectivity index (χ1) is 9.34. The molecule has 0 aliphatic rings. The zero-order valence-corrected chi connectivity index (χ0v) is 17.6. The van der Waals surface area contributed by atoms with Crippen LogP contribution in [-0.4, -0.2) is 36.1 Å². The second kappa shape index (κ2) is 37.6. The molecule has 0 heterocycles. The van der Waals surface area contributed by atoms with Gasteiger partial charge in [0.25, 0.3) is 0 Å². The molecule has 0 radical (unpaired) electrons. The maximum Gasteiger partial charge on any atom is 4.00 e. The zero-order valence-electron chi connectivity index (χ0n) is 16.0. The number of hydrogen-bond donors (Lipinski definition) is 1. The molecular weight excluding hydrogens is 320 g/mol. The van der Waals surface area contributed by atoms with Crippen molar-refractivity contribution in [1.29, 1.82) is 0 Å². The molecule has 22 heavy (non-hydrogen) atoms. The van der Waals surface area contributed by atoms with Gasteiger partial charge in [-0.2, -0.15) is 0 Å². The van der Waals surface area contributed by atoms with E-state index in [9.17, 15) is 20.4 Å². The summed E-state index contributed by atoms with van der Waals surface area (Å²) in [7, 11) is 0. The van der Waals surface area contributed by atoms with E-state index in [-0.39, 0.29) is 21.7 Å². The van der Waals surface area contributed by atoms with E-state index in [1.165, 1.54) is 0 Å². The Hall–Kier alpha value is 0.514. The van der Waals surface area contributed by atoms with Gasteiger partial charge in [-0.05, 0) is 6.42 Å². The van der Waals surface area contributed by atoms with Crippen LogP contribution in [0, 0.1) is 0 Å². The molecule has 5 nitrogen and oxygen atoms in total. The molecule has 0 aromatic heterocycles. The molecule has 136 valence electrons. The van der Waals surface area contributed by atoms with E-state index in [0.717, 1.165) is 12.8 Å². The summed E-state index contributed by atoms with van der Waals surface area (Å²) in [6.07, 6.45) is 0.372. The summed E-state index contributed by atoms with van der Waals surface area (Å²) in [5, 5.41) is 46.2. The smallest absolute Gasteiger partial charge is 0.852 e. The van der Waals surface area contributed by atoms with Gasteiger partial charge in [0.2, 0.25) is 0 Å². The number of aliphatic hydroxyl groups is 1. The normalized spacial score (nSPS) is 8.45. The van der Waals surface area contributed by atoms with Gasteiger partial charge < -0.3 is 25.5 Å². The van der Waals surface area contributed by atoms with Crippen molar-refractivity contribution in [3.63, 3.8) is 0 Å². The average Bonchev–Trinajstić information content (AvgIpc) is 2.14. The quantitative estimate of drug-likeness (QED) is 0.687. The fraction of sp³-hybridized carbons (Fsp3) is 1.00. The predicted molar refractivity (Wildman–Crippen MR) is 82.5 cm³/mol. The van der Waals surface area contributed by atoms with Crippen LogP contribution in [0.5, 0.6) is 0 Å². The average molecular weight is 358 g/mol. The van der Waals surface area contributed by atoms with Gasteiger partial charge >= 0.3 is 21.7 Å². The van der Waals surface area contributed by atoms with Crippen LogP contribution in [0.4, 0.5) is 0 Å². The van der Waals surface area contributed by atoms with Crippen LogP contribution in [-0.2, 0) is 21.7 Å². The summed E-state index contributed by atoms with van der Waals surface area (Å²) in [4.78, 5) is 0.